The second kappa shape index (κ2) is 21.3. The first-order valence-electron chi connectivity index (χ1n) is 30.6. The average Bonchev–Trinajstić information content (AvgIpc) is 4.36. The van der Waals surface area contributed by atoms with Crippen molar-refractivity contribution in [3.05, 3.63) is 107 Å². The highest BCUT2D eigenvalue weighted by molar-refractivity contribution is 6.00. The molecule has 0 bridgehead atoms. The molecule has 6 fully saturated rings. The van der Waals surface area contributed by atoms with E-state index in [0.717, 1.165) is 129 Å². The lowest BCUT2D eigenvalue weighted by atomic mass is 9.79. The summed E-state index contributed by atoms with van der Waals surface area (Å²) in [6.45, 7) is 32.2. The molecule has 2 spiro atoms. The van der Waals surface area contributed by atoms with Gasteiger partial charge < -0.3 is 29.4 Å². The largest absolute Gasteiger partial charge is 0.356 e. The van der Waals surface area contributed by atoms with Gasteiger partial charge in [0.25, 0.3) is 0 Å². The molecule has 14 rings (SSSR count). The van der Waals surface area contributed by atoms with Crippen molar-refractivity contribution >= 4 is 45.3 Å². The molecular weight excluding hydrogens is 1020 g/mol. The highest BCUT2D eigenvalue weighted by atomic mass is 16.2. The van der Waals surface area contributed by atoms with Crippen LogP contribution in [0.1, 0.15) is 83.3 Å². The third kappa shape index (κ3) is 9.53. The molecule has 16 nitrogen and oxygen atoms in total. The number of likely N-dealkylation sites (N-methyl/N-ethyl adjacent to an activating group) is 2. The molecule has 4 aromatic heterocycles. The first-order valence-corrected chi connectivity index (χ1v) is 30.6. The van der Waals surface area contributed by atoms with Gasteiger partial charge in [-0.05, 0) is 163 Å². The number of carbonyl (C=O) groups excluding carboxylic acids is 2. The fourth-order valence-corrected chi connectivity index (χ4v) is 16.4. The minimum atomic E-state index is 0.0487. The number of nitrogens with zero attached hydrogens (tertiary/aromatic N) is 14. The number of hydrogen-bond acceptors (Lipinski definition) is 12. The van der Waals surface area contributed by atoms with Crippen molar-refractivity contribution in [2.75, 3.05) is 116 Å². The normalized spacial score (nSPS) is 22.8. The van der Waals surface area contributed by atoms with Crippen molar-refractivity contribution in [3.8, 4) is 22.3 Å². The maximum absolute atomic E-state index is 12.2. The van der Waals surface area contributed by atoms with Crippen molar-refractivity contribution in [1.29, 1.82) is 0 Å². The summed E-state index contributed by atoms with van der Waals surface area (Å²) >= 11 is 0. The summed E-state index contributed by atoms with van der Waals surface area (Å²) in [6, 6.07) is 10.1. The third-order valence-corrected chi connectivity index (χ3v) is 20.7. The molecule has 16 heteroatoms. The van der Waals surface area contributed by atoms with Crippen molar-refractivity contribution in [2.24, 2.45) is 24.9 Å². The average molecular weight is 1110 g/mol. The molecule has 432 valence electrons. The predicted molar refractivity (Wildman–Crippen MR) is 328 cm³/mol. The molecule has 0 aliphatic carbocycles. The molecular formula is C66H86N14O2. The van der Waals surface area contributed by atoms with Gasteiger partial charge in [-0.15, -0.1) is 0 Å². The number of anilines is 2. The van der Waals surface area contributed by atoms with Crippen molar-refractivity contribution < 1.29 is 9.59 Å². The monoisotopic (exact) mass is 1110 g/mol. The highest BCUT2D eigenvalue weighted by Gasteiger charge is 2.51. The third-order valence-electron chi connectivity index (χ3n) is 20.7. The van der Waals surface area contributed by atoms with E-state index in [1.54, 1.807) is 0 Å². The van der Waals surface area contributed by atoms with E-state index in [1.807, 2.05) is 31.6 Å². The molecule has 2 atom stereocenters. The van der Waals surface area contributed by atoms with Crippen LogP contribution in [0.25, 0.3) is 44.1 Å². The van der Waals surface area contributed by atoms with Crippen molar-refractivity contribution in [2.45, 2.75) is 104 Å². The minimum Gasteiger partial charge on any atom is -0.356 e. The first kappa shape index (κ1) is 54.8. The van der Waals surface area contributed by atoms with Gasteiger partial charge in [-0.2, -0.15) is 10.2 Å². The fraction of sp³-hybridized carbons (Fsp3) is 0.545. The van der Waals surface area contributed by atoms with E-state index >= 15 is 0 Å². The number of fused-ring (bicyclic) bond motifs is 4. The van der Waals surface area contributed by atoms with E-state index in [0.29, 0.717) is 12.1 Å². The van der Waals surface area contributed by atoms with Gasteiger partial charge in [0.2, 0.25) is 11.8 Å². The molecule has 2 aromatic carbocycles. The number of amides is 2. The van der Waals surface area contributed by atoms with E-state index in [2.05, 4.69) is 133 Å². The van der Waals surface area contributed by atoms with E-state index < -0.39 is 0 Å². The van der Waals surface area contributed by atoms with Crippen LogP contribution < -0.4 is 9.80 Å². The zero-order chi connectivity index (χ0) is 56.9. The molecule has 6 aromatic rings. The summed E-state index contributed by atoms with van der Waals surface area (Å²) < 4.78 is 4.09. The van der Waals surface area contributed by atoms with Crippen LogP contribution >= 0.6 is 0 Å². The lowest BCUT2D eigenvalue weighted by molar-refractivity contribution is -0.137. The smallest absolute Gasteiger partial charge is 0.245 e. The molecule has 82 heavy (non-hydrogen) atoms. The van der Waals surface area contributed by atoms with Gasteiger partial charge in [-0.3, -0.25) is 28.8 Å². The Morgan fingerprint density at radius 3 is 1.35 bits per heavy atom. The summed E-state index contributed by atoms with van der Waals surface area (Å²) in [5.41, 5.74) is 18.6. The lowest BCUT2D eigenvalue weighted by Gasteiger charge is -2.47. The molecule has 2 amide bonds. The Hall–Kier alpha value is -6.46. The molecule has 8 aliphatic rings. The van der Waals surface area contributed by atoms with Gasteiger partial charge in [-0.1, -0.05) is 37.4 Å². The standard InChI is InChI=1S/2C33H43N7O/c2*1-6-28(41)40-20-33(21-40)12-15-39(19-33)32-23(3)30(29-22(2)9-10-24-16-34-37(5)31(24)29)26-11-14-38(18-27(26)35-32)25-8-7-13-36(4)17-25/h2*6,9-10,16,25H,1,7-8,11-15,17-21H2,2-5H3/t2*25-/m10/s1. The van der Waals surface area contributed by atoms with E-state index in [-0.39, 0.29) is 22.6 Å². The second-order valence-corrected chi connectivity index (χ2v) is 26.3. The Morgan fingerprint density at radius 1 is 0.549 bits per heavy atom. The predicted octanol–water partition coefficient (Wildman–Crippen LogP) is 7.86. The second-order valence-electron chi connectivity index (χ2n) is 26.3. The molecule has 12 heterocycles. The van der Waals surface area contributed by atoms with E-state index in [1.165, 1.54) is 140 Å². The Balaban J connectivity index is 0.000000154. The molecule has 0 radical (unpaired) electrons. The number of pyridine rings is 2. The van der Waals surface area contributed by atoms with Gasteiger partial charge in [0, 0.05) is 151 Å². The Kier molecular flexibility index (Phi) is 14.2. The zero-order valence-corrected chi connectivity index (χ0v) is 50.2. The van der Waals surface area contributed by atoms with Crippen LogP contribution in [0.5, 0.6) is 0 Å². The number of carbonyl (C=O) groups is 2. The van der Waals surface area contributed by atoms with Crippen LogP contribution in [0.2, 0.25) is 0 Å². The molecule has 0 saturated carbocycles. The van der Waals surface area contributed by atoms with Crippen LogP contribution in [0, 0.1) is 38.5 Å². The highest BCUT2D eigenvalue weighted by Crippen LogP contribution is 2.48. The van der Waals surface area contributed by atoms with Crippen LogP contribution in [-0.4, -0.2) is 189 Å². The maximum atomic E-state index is 12.2. The van der Waals surface area contributed by atoms with Gasteiger partial charge >= 0.3 is 0 Å². The van der Waals surface area contributed by atoms with Crippen LogP contribution in [0.4, 0.5) is 11.6 Å². The molecule has 6 saturated heterocycles. The Morgan fingerprint density at radius 2 is 0.963 bits per heavy atom. The molecule has 0 unspecified atom stereocenters. The number of rotatable bonds is 8. The maximum Gasteiger partial charge on any atom is 0.245 e. The van der Waals surface area contributed by atoms with Crippen molar-refractivity contribution in [3.63, 3.8) is 0 Å². The number of aromatic nitrogens is 6. The van der Waals surface area contributed by atoms with Gasteiger partial charge in [0.15, 0.2) is 0 Å². The zero-order valence-electron chi connectivity index (χ0n) is 50.2. The number of likely N-dealkylation sites (tertiary alicyclic amines) is 4. The van der Waals surface area contributed by atoms with Crippen LogP contribution in [0.3, 0.4) is 0 Å². The summed E-state index contributed by atoms with van der Waals surface area (Å²) in [5, 5.41) is 11.7. The number of hydrogen-bond donors (Lipinski definition) is 0. The van der Waals surface area contributed by atoms with Crippen LogP contribution in [0.15, 0.2) is 62.0 Å². The van der Waals surface area contributed by atoms with E-state index in [9.17, 15) is 9.59 Å². The van der Waals surface area contributed by atoms with Crippen molar-refractivity contribution in [1.82, 2.24) is 58.9 Å². The Bertz CT molecular complexity index is 3300. The van der Waals surface area contributed by atoms with Crippen LogP contribution in [-0.2, 0) is 49.6 Å². The van der Waals surface area contributed by atoms with E-state index in [4.69, 9.17) is 9.97 Å². The van der Waals surface area contributed by atoms with Gasteiger partial charge in [0.1, 0.15) is 11.6 Å². The lowest BCUT2D eigenvalue weighted by Crippen LogP contribution is -2.59. The summed E-state index contributed by atoms with van der Waals surface area (Å²) in [6.07, 6.45) is 16.2. The SMILES string of the molecule is C=CC(=O)N1CC2(CCN(c3nc4c(c(-c5c(C)ccc6cnn(C)c56)c3C)CCN([C@@H]3CCCN(C)C3)C4)C2)C1.C=CC(=O)N1CC2(CCN(c3nc4c(c(-c5c(C)ccc6cnn(C)c56)c3C)CCN([C@H]3CCCN(C)C3)C4)C2)C1. The molecule has 0 N–H and O–H groups in total. The summed E-state index contributed by atoms with van der Waals surface area (Å²) in [5.74, 6) is 2.36. The number of piperidine rings is 2. The minimum absolute atomic E-state index is 0.0487. The first-order chi connectivity index (χ1) is 39.5. The fourth-order valence-electron chi connectivity index (χ4n) is 16.4. The molecule has 8 aliphatic heterocycles. The van der Waals surface area contributed by atoms with Gasteiger partial charge in [-0.25, -0.2) is 9.97 Å². The summed E-state index contributed by atoms with van der Waals surface area (Å²) in [4.78, 5) is 54.7. The summed E-state index contributed by atoms with van der Waals surface area (Å²) in [7, 11) is 8.64. The Labute approximate surface area is 485 Å². The number of aryl methyl sites for hydroxylation is 4. The number of benzene rings is 2. The quantitative estimate of drug-likeness (QED) is 0.138. The van der Waals surface area contributed by atoms with Gasteiger partial charge in [0.05, 0.1) is 34.8 Å². The topological polar surface area (TPSA) is 121 Å².